The summed E-state index contributed by atoms with van der Waals surface area (Å²) in [6.07, 6.45) is -0.480. The summed E-state index contributed by atoms with van der Waals surface area (Å²) in [5.74, 6) is -7.92. The fraction of sp³-hybridized carbons (Fsp3) is 0.365. The largest absolute Gasteiger partial charge is 0.480 e. The number of nitrogens with two attached hydrogens (primary N) is 3. The number of benzene rings is 5. The van der Waals surface area contributed by atoms with Crippen molar-refractivity contribution in [3.63, 3.8) is 0 Å². The van der Waals surface area contributed by atoms with Crippen molar-refractivity contribution in [2.24, 2.45) is 22.2 Å². The van der Waals surface area contributed by atoms with Crippen LogP contribution in [0.1, 0.15) is 54.4 Å². The molecule has 2 aliphatic rings. The summed E-state index contributed by atoms with van der Waals surface area (Å²) in [5, 5.41) is 46.9. The van der Waals surface area contributed by atoms with E-state index in [1.165, 1.54) is 9.80 Å². The topological polar surface area (TPSA) is 383 Å². The quantitative estimate of drug-likeness (QED) is 0.0164. The van der Waals surface area contributed by atoms with E-state index < -0.39 is 121 Å². The van der Waals surface area contributed by atoms with E-state index in [-0.39, 0.29) is 70.5 Å². The van der Waals surface area contributed by atoms with Gasteiger partial charge in [0.25, 0.3) is 0 Å². The van der Waals surface area contributed by atoms with Gasteiger partial charge in [0.05, 0.1) is 25.3 Å². The molecule has 0 bridgehead atoms. The van der Waals surface area contributed by atoms with Crippen LogP contribution >= 0.6 is 0 Å². The van der Waals surface area contributed by atoms with Crippen LogP contribution in [0.25, 0.3) is 11.1 Å². The molecule has 87 heavy (non-hydrogen) atoms. The predicted octanol–water partition coefficient (Wildman–Crippen LogP) is -0.425. The van der Waals surface area contributed by atoms with Crippen molar-refractivity contribution in [2.75, 3.05) is 32.8 Å². The van der Waals surface area contributed by atoms with Crippen molar-refractivity contribution in [1.82, 2.24) is 41.7 Å². The Kier molecular flexibility index (Phi) is 24.0. The number of amides is 8. The van der Waals surface area contributed by atoms with Gasteiger partial charge >= 0.3 is 5.97 Å². The van der Waals surface area contributed by atoms with Crippen LogP contribution in [0.3, 0.4) is 0 Å². The summed E-state index contributed by atoms with van der Waals surface area (Å²) in [7, 11) is 0. The highest BCUT2D eigenvalue weighted by Crippen LogP contribution is 2.27. The number of nitrogens with one attached hydrogen (secondary N) is 6. The van der Waals surface area contributed by atoms with Crippen LogP contribution in [0.5, 0.6) is 0 Å². The van der Waals surface area contributed by atoms with E-state index in [0.29, 0.717) is 29.5 Å². The lowest BCUT2D eigenvalue weighted by atomic mass is 10.0. The zero-order chi connectivity index (χ0) is 62.4. The lowest BCUT2D eigenvalue weighted by molar-refractivity contribution is -0.148. The SMILES string of the molecule is NC(N)=NCCC[C@H](NC(=O)[C@H](Cc1ccccc1)NC(=O)[C@@H](Cc1ccccc1)NC(=O)[C@H](CO)NC(=O)[C@H](Cc1ccccc1)NC(=O)CNC(=O)[C@@H]1[C@H](O)CCN1C(=O)[C@@H]1CCCN1C(=O)C(N)Cc1ccc(-c2ccccc2)cc1)C(=O)O. The molecule has 24 heteroatoms. The minimum Gasteiger partial charge on any atom is -0.480 e. The van der Waals surface area contributed by atoms with Crippen LogP contribution in [0.2, 0.25) is 0 Å². The smallest absolute Gasteiger partial charge is 0.326 e. The molecule has 24 nitrogen and oxygen atoms in total. The summed E-state index contributed by atoms with van der Waals surface area (Å²) in [4.78, 5) is 131. The molecule has 460 valence electrons. The molecule has 2 aliphatic heterocycles. The van der Waals surface area contributed by atoms with Gasteiger partial charge in [-0.05, 0) is 71.9 Å². The molecule has 8 amide bonds. The molecule has 0 spiro atoms. The van der Waals surface area contributed by atoms with Crippen LogP contribution < -0.4 is 49.1 Å². The van der Waals surface area contributed by atoms with Gasteiger partial charge in [-0.2, -0.15) is 0 Å². The zero-order valence-corrected chi connectivity index (χ0v) is 48.0. The third-order valence-electron chi connectivity index (χ3n) is 15.1. The number of carboxylic acids is 1. The summed E-state index contributed by atoms with van der Waals surface area (Å²) in [6.45, 7) is -1.36. The number of aliphatic imine (C=N–C) groups is 1. The number of aliphatic carboxylic acids is 1. The van der Waals surface area contributed by atoms with Gasteiger partial charge < -0.3 is 74.2 Å². The van der Waals surface area contributed by atoms with Crippen molar-refractivity contribution < 1.29 is 58.5 Å². The number of carbonyl (C=O) groups is 9. The van der Waals surface area contributed by atoms with E-state index in [9.17, 15) is 58.5 Å². The molecule has 15 N–H and O–H groups in total. The molecule has 0 aromatic heterocycles. The molecule has 2 fully saturated rings. The van der Waals surface area contributed by atoms with Crippen molar-refractivity contribution in [3.05, 3.63) is 168 Å². The summed E-state index contributed by atoms with van der Waals surface area (Å²) in [5.41, 5.74) is 21.9. The second-order valence-corrected chi connectivity index (χ2v) is 21.5. The lowest BCUT2D eigenvalue weighted by Gasteiger charge is -2.32. The molecule has 7 rings (SSSR count). The van der Waals surface area contributed by atoms with Gasteiger partial charge in [-0.15, -0.1) is 0 Å². The Bertz CT molecular complexity index is 3180. The van der Waals surface area contributed by atoms with E-state index in [0.717, 1.165) is 16.7 Å². The van der Waals surface area contributed by atoms with Gasteiger partial charge in [-0.3, -0.25) is 43.3 Å². The van der Waals surface area contributed by atoms with Gasteiger partial charge in [-0.1, -0.05) is 146 Å². The number of nitrogens with zero attached hydrogens (tertiary/aromatic N) is 3. The molecule has 9 atom stereocenters. The number of guanidine groups is 1. The summed E-state index contributed by atoms with van der Waals surface area (Å²) >= 11 is 0. The van der Waals surface area contributed by atoms with Gasteiger partial charge in [0, 0.05) is 38.9 Å². The Morgan fingerprint density at radius 2 is 1.01 bits per heavy atom. The van der Waals surface area contributed by atoms with E-state index in [2.05, 4.69) is 36.9 Å². The lowest BCUT2D eigenvalue weighted by Crippen LogP contribution is -2.60. The Morgan fingerprint density at radius 1 is 0.552 bits per heavy atom. The van der Waals surface area contributed by atoms with Gasteiger partial charge in [0.1, 0.15) is 42.3 Å². The molecule has 1 unspecified atom stereocenters. The van der Waals surface area contributed by atoms with Crippen LogP contribution in [0.15, 0.2) is 151 Å². The first kappa shape index (κ1) is 65.0. The van der Waals surface area contributed by atoms with E-state index in [1.54, 1.807) is 91.0 Å². The molecule has 2 saturated heterocycles. The molecule has 0 radical (unpaired) electrons. The maximum absolute atomic E-state index is 14.4. The second kappa shape index (κ2) is 32.1. The Labute approximate surface area is 503 Å². The van der Waals surface area contributed by atoms with Crippen LogP contribution in [-0.2, 0) is 68.8 Å². The molecular formula is C63H76N12O12. The van der Waals surface area contributed by atoms with Crippen molar-refractivity contribution in [1.29, 1.82) is 0 Å². The molecule has 0 saturated carbocycles. The number of likely N-dealkylation sites (tertiary alicyclic amines) is 2. The molecular weight excluding hydrogens is 1120 g/mol. The number of carbonyl (C=O) groups excluding carboxylic acids is 8. The average molecular weight is 1190 g/mol. The first-order valence-electron chi connectivity index (χ1n) is 28.9. The number of aliphatic hydroxyl groups is 2. The van der Waals surface area contributed by atoms with E-state index in [4.69, 9.17) is 17.2 Å². The summed E-state index contributed by atoms with van der Waals surface area (Å²) < 4.78 is 0. The first-order valence-corrected chi connectivity index (χ1v) is 28.9. The van der Waals surface area contributed by atoms with Crippen LogP contribution in [0.4, 0.5) is 0 Å². The predicted molar refractivity (Wildman–Crippen MR) is 322 cm³/mol. The average Bonchev–Trinajstić information content (AvgIpc) is 4.16. The standard InChI is InChI=1S/C63H76N12O12/c64-45(33-42-25-27-44(28-26-42)43-21-11-4-12-22-43)60(84)74-31-14-24-51(74)61(85)75-32-29-52(77)54(75)59(83)68-37-53(78)69-47(34-39-15-5-1-6-16-39)55(79)73-50(38-76)58(82)72-49(36-41-19-9-3-10-20-41)57(81)71-48(35-40-17-7-2-8-18-40)56(80)70-46(62(86)87)23-13-30-67-63(65)66/h1-12,15-22,25-28,45-52,54,76-77H,13-14,23-24,29-38,64H2,(H,68,83)(H,69,78)(H,70,80)(H,71,81)(H,72,82)(H,73,79)(H,86,87)(H4,65,66,67)/t45?,46-,47-,48-,49+,50-,51-,52+,54-/m0/s1. The highest BCUT2D eigenvalue weighted by Gasteiger charge is 2.46. The number of hydrogen-bond acceptors (Lipinski definition) is 13. The fourth-order valence-corrected chi connectivity index (χ4v) is 10.6. The van der Waals surface area contributed by atoms with Crippen molar-refractivity contribution >= 4 is 59.2 Å². The number of carboxylic acid groups (broad SMARTS) is 1. The Hall–Kier alpha value is -9.52. The van der Waals surface area contributed by atoms with E-state index >= 15 is 0 Å². The maximum atomic E-state index is 14.4. The molecule has 5 aromatic rings. The highest BCUT2D eigenvalue weighted by molar-refractivity contribution is 5.98. The minimum atomic E-state index is -1.72. The molecule has 2 heterocycles. The van der Waals surface area contributed by atoms with Gasteiger partial charge in [0.2, 0.25) is 47.3 Å². The van der Waals surface area contributed by atoms with Gasteiger partial charge in [0.15, 0.2) is 5.96 Å². The number of rotatable bonds is 29. The second-order valence-electron chi connectivity index (χ2n) is 21.5. The summed E-state index contributed by atoms with van der Waals surface area (Å²) in [6, 6.07) is 32.5. The van der Waals surface area contributed by atoms with Crippen LogP contribution in [0, 0.1) is 0 Å². The highest BCUT2D eigenvalue weighted by atomic mass is 16.4. The Balaban J connectivity index is 0.988. The first-order chi connectivity index (χ1) is 41.9. The fourth-order valence-electron chi connectivity index (χ4n) is 10.6. The van der Waals surface area contributed by atoms with Crippen molar-refractivity contribution in [3.8, 4) is 11.1 Å². The van der Waals surface area contributed by atoms with Crippen LogP contribution in [-0.4, -0.2) is 172 Å². The minimum absolute atomic E-state index is 0.00937. The third-order valence-corrected chi connectivity index (χ3v) is 15.1. The molecule has 5 aromatic carbocycles. The maximum Gasteiger partial charge on any atom is 0.326 e. The number of aliphatic hydroxyl groups excluding tert-OH is 2. The van der Waals surface area contributed by atoms with E-state index in [1.807, 2.05) is 54.6 Å². The van der Waals surface area contributed by atoms with Crippen molar-refractivity contribution in [2.45, 2.75) is 112 Å². The monoisotopic (exact) mass is 1190 g/mol. The Morgan fingerprint density at radius 3 is 1.52 bits per heavy atom. The zero-order valence-electron chi connectivity index (χ0n) is 48.0. The normalized spacial score (nSPS) is 17.4. The molecule has 0 aliphatic carbocycles. The third kappa shape index (κ3) is 19.0. The van der Waals surface area contributed by atoms with Gasteiger partial charge in [-0.25, -0.2) is 4.79 Å². The number of hydrogen-bond donors (Lipinski definition) is 12.